The molecule has 1 aliphatic rings. The van der Waals surface area contributed by atoms with Gasteiger partial charge in [0.05, 0.1) is 17.1 Å². The first kappa shape index (κ1) is 36.4. The predicted octanol–water partition coefficient (Wildman–Crippen LogP) is 6.64. The summed E-state index contributed by atoms with van der Waals surface area (Å²) in [5.41, 5.74) is 1.77. The van der Waals surface area contributed by atoms with Crippen LogP contribution in [0.1, 0.15) is 70.3 Å². The number of amides is 3. The molecule has 0 radical (unpaired) electrons. The Morgan fingerprint density at radius 1 is 1.15 bits per heavy atom. The van der Waals surface area contributed by atoms with Gasteiger partial charge in [0.25, 0.3) is 11.8 Å². The van der Waals surface area contributed by atoms with Gasteiger partial charge in [0.2, 0.25) is 5.95 Å². The molecule has 0 aliphatic carbocycles. The van der Waals surface area contributed by atoms with Crippen LogP contribution in [-0.2, 0) is 17.9 Å². The number of rotatable bonds is 10. The fourth-order valence-corrected chi connectivity index (χ4v) is 5.77. The molecule has 3 aromatic rings. The van der Waals surface area contributed by atoms with E-state index in [1.807, 2.05) is 83.3 Å². The molecule has 1 aliphatic heterocycles. The molecule has 4 rings (SSSR count). The number of nitriles is 1. The number of anilines is 1. The number of hydrogen-bond acceptors (Lipinski definition) is 6. The summed E-state index contributed by atoms with van der Waals surface area (Å²) in [4.78, 5) is 49.2. The molecule has 11 nitrogen and oxygen atoms in total. The summed E-state index contributed by atoms with van der Waals surface area (Å²) in [6.45, 7) is 12.8. The van der Waals surface area contributed by atoms with Crippen LogP contribution in [0.5, 0.6) is 0 Å². The average molecular weight is 676 g/mol. The van der Waals surface area contributed by atoms with E-state index in [-0.39, 0.29) is 41.4 Å². The molecule has 2 unspecified atom stereocenters. The van der Waals surface area contributed by atoms with E-state index < -0.39 is 11.6 Å². The number of imidazole rings is 1. The highest BCUT2D eigenvalue weighted by Crippen LogP contribution is 2.30. The number of carbonyl (C=O) groups excluding carboxylic acids is 2. The summed E-state index contributed by atoms with van der Waals surface area (Å²) in [7, 11) is 3.79. The van der Waals surface area contributed by atoms with E-state index in [0.717, 1.165) is 17.5 Å². The third-order valence-corrected chi connectivity index (χ3v) is 9.75. The van der Waals surface area contributed by atoms with Gasteiger partial charge < -0.3 is 24.4 Å². The van der Waals surface area contributed by atoms with Gasteiger partial charge in [-0.05, 0) is 101 Å². The zero-order chi connectivity index (χ0) is 35.6. The van der Waals surface area contributed by atoms with Crippen molar-refractivity contribution in [1.29, 1.82) is 5.26 Å². The zero-order valence-electron chi connectivity index (χ0n) is 29.0. The molecule has 48 heavy (non-hydrogen) atoms. The molecule has 0 spiro atoms. The number of likely N-dealkylation sites (tertiary alicyclic amines) is 1. The number of aromatic nitrogens is 2. The fraction of sp³-hybridized carbons (Fsp3) is 0.472. The van der Waals surface area contributed by atoms with Crippen molar-refractivity contribution in [3.63, 3.8) is 0 Å². The van der Waals surface area contributed by atoms with E-state index in [0.29, 0.717) is 41.6 Å². The highest BCUT2D eigenvalue weighted by Gasteiger charge is 2.34. The lowest BCUT2D eigenvalue weighted by Crippen LogP contribution is -2.44. The average Bonchev–Trinajstić information content (AvgIpc) is 3.61. The van der Waals surface area contributed by atoms with Crippen LogP contribution in [0.4, 0.5) is 10.7 Å². The number of fused-ring (bicyclic) bond motifs is 1. The van der Waals surface area contributed by atoms with Crippen molar-refractivity contribution in [3.8, 4) is 6.07 Å². The Kier molecular flexibility index (Phi) is 10.9. The highest BCUT2D eigenvalue weighted by atomic mass is 35.5. The first-order valence-corrected chi connectivity index (χ1v) is 16.5. The maximum atomic E-state index is 13.7. The van der Waals surface area contributed by atoms with Crippen LogP contribution in [-0.4, -0.2) is 85.5 Å². The van der Waals surface area contributed by atoms with E-state index >= 15 is 0 Å². The number of benzene rings is 2. The Morgan fingerprint density at radius 2 is 1.81 bits per heavy atom. The fourth-order valence-electron chi connectivity index (χ4n) is 5.65. The van der Waals surface area contributed by atoms with Crippen LogP contribution in [0.15, 0.2) is 54.1 Å². The second kappa shape index (κ2) is 14.4. The number of halogens is 1. The number of hydrogen-bond donors (Lipinski definition) is 2. The maximum Gasteiger partial charge on any atom is 0.407 e. The summed E-state index contributed by atoms with van der Waals surface area (Å²) in [5.74, 6) is -0.404. The Morgan fingerprint density at radius 3 is 2.40 bits per heavy atom. The first-order chi connectivity index (χ1) is 22.4. The van der Waals surface area contributed by atoms with Gasteiger partial charge in [-0.1, -0.05) is 38.4 Å². The number of nitrogens with zero attached hydrogens (tertiary/aromatic N) is 6. The summed E-state index contributed by atoms with van der Waals surface area (Å²) in [5, 5.41) is 23.4. The van der Waals surface area contributed by atoms with E-state index in [1.54, 1.807) is 35.2 Å². The second-order valence-electron chi connectivity index (χ2n) is 14.3. The van der Waals surface area contributed by atoms with Crippen molar-refractivity contribution in [2.45, 2.75) is 85.1 Å². The van der Waals surface area contributed by atoms with Crippen LogP contribution in [0.25, 0.3) is 11.0 Å². The van der Waals surface area contributed by atoms with Crippen molar-refractivity contribution in [1.82, 2.24) is 24.3 Å². The van der Waals surface area contributed by atoms with Crippen molar-refractivity contribution >= 4 is 46.5 Å². The lowest BCUT2D eigenvalue weighted by Gasteiger charge is -2.36. The molecule has 2 atom stereocenters. The lowest BCUT2D eigenvalue weighted by molar-refractivity contribution is -0.127. The maximum absolute atomic E-state index is 13.7. The van der Waals surface area contributed by atoms with Gasteiger partial charge in [0.15, 0.2) is 0 Å². The van der Waals surface area contributed by atoms with Crippen molar-refractivity contribution in [3.05, 3.63) is 70.3 Å². The Balaban J connectivity index is 1.72. The molecule has 2 N–H and O–H groups in total. The van der Waals surface area contributed by atoms with Crippen LogP contribution >= 0.6 is 11.6 Å². The van der Waals surface area contributed by atoms with E-state index in [1.165, 1.54) is 4.90 Å². The van der Waals surface area contributed by atoms with Gasteiger partial charge >= 0.3 is 6.09 Å². The van der Waals surface area contributed by atoms with Crippen LogP contribution < -0.4 is 5.32 Å². The molecule has 3 amide bonds. The minimum atomic E-state index is -1.01. The van der Waals surface area contributed by atoms with Crippen molar-refractivity contribution in [2.24, 2.45) is 5.41 Å². The van der Waals surface area contributed by atoms with E-state index in [9.17, 15) is 24.8 Å². The summed E-state index contributed by atoms with van der Waals surface area (Å²) in [6.07, 6.45) is 2.18. The quantitative estimate of drug-likeness (QED) is 0.182. The van der Waals surface area contributed by atoms with Crippen LogP contribution in [0, 0.1) is 16.7 Å². The third kappa shape index (κ3) is 8.17. The predicted molar refractivity (Wildman–Crippen MR) is 188 cm³/mol. The molecule has 0 saturated carbocycles. The van der Waals surface area contributed by atoms with Gasteiger partial charge in [-0.15, -0.1) is 0 Å². The van der Waals surface area contributed by atoms with Gasteiger partial charge in [0.1, 0.15) is 11.6 Å². The van der Waals surface area contributed by atoms with Gasteiger partial charge in [-0.25, -0.2) is 9.78 Å². The topological polar surface area (TPSA) is 135 Å². The zero-order valence-corrected chi connectivity index (χ0v) is 29.8. The molecule has 2 heterocycles. The lowest BCUT2D eigenvalue weighted by atomic mass is 9.87. The van der Waals surface area contributed by atoms with Gasteiger partial charge in [0, 0.05) is 41.8 Å². The van der Waals surface area contributed by atoms with Crippen LogP contribution in [0.2, 0.25) is 5.02 Å². The SMILES string of the molecule is CC(N(Cc1ccc2c(c1)nc(NC(=O)c1ccc(Cl)cc1)n2CC1CCCN1C(=O)C(C#N)=CC(C)(C)N(C)C)C(=O)O)C(C)(C)C. The molecule has 0 bridgehead atoms. The molecular formula is C36H46ClN7O4. The normalized spacial score (nSPS) is 16.2. The summed E-state index contributed by atoms with van der Waals surface area (Å²) >= 11 is 6.04. The highest BCUT2D eigenvalue weighted by molar-refractivity contribution is 6.30. The monoisotopic (exact) mass is 675 g/mol. The molecule has 12 heteroatoms. The first-order valence-electron chi connectivity index (χ1n) is 16.1. The van der Waals surface area contributed by atoms with Crippen molar-refractivity contribution < 1.29 is 19.5 Å². The van der Waals surface area contributed by atoms with Crippen molar-refractivity contribution in [2.75, 3.05) is 26.0 Å². The number of carbonyl (C=O) groups is 3. The smallest absolute Gasteiger partial charge is 0.407 e. The molecule has 256 valence electrons. The van der Waals surface area contributed by atoms with Crippen LogP contribution in [0.3, 0.4) is 0 Å². The molecular weight excluding hydrogens is 630 g/mol. The summed E-state index contributed by atoms with van der Waals surface area (Å²) in [6, 6.07) is 13.7. The summed E-state index contributed by atoms with van der Waals surface area (Å²) < 4.78 is 1.88. The molecule has 1 aromatic heterocycles. The standard InChI is InChI=1S/C36H46ClN7O4/c1-23(35(2,3)4)43(34(47)48)21-24-11-16-30-29(18-24)39-33(40-31(45)25-12-14-27(37)15-13-25)44(30)22-28-10-9-17-42(28)32(46)26(20-38)19-36(5,6)41(7)8/h11-16,18-19,23,28H,9-10,17,21-22H2,1-8H3,(H,47,48)(H,39,40,45). The second-order valence-corrected chi connectivity index (χ2v) is 14.7. The Bertz CT molecular complexity index is 1750. The van der Waals surface area contributed by atoms with E-state index in [2.05, 4.69) is 11.4 Å². The minimum absolute atomic E-state index is 0.0875. The number of carboxylic acid groups (broad SMARTS) is 1. The Hall–Kier alpha value is -4.40. The largest absolute Gasteiger partial charge is 0.465 e. The Labute approximate surface area is 287 Å². The van der Waals surface area contributed by atoms with Gasteiger partial charge in [-0.3, -0.25) is 14.9 Å². The number of likely N-dealkylation sites (N-methyl/N-ethyl adjacent to an activating group) is 1. The number of nitrogens with one attached hydrogen (secondary N) is 1. The van der Waals surface area contributed by atoms with E-state index in [4.69, 9.17) is 16.6 Å². The molecule has 1 saturated heterocycles. The third-order valence-electron chi connectivity index (χ3n) is 9.50. The molecule has 2 aromatic carbocycles. The minimum Gasteiger partial charge on any atom is -0.465 e. The van der Waals surface area contributed by atoms with Gasteiger partial charge in [-0.2, -0.15) is 5.26 Å². The molecule has 1 fully saturated rings.